The molecule has 0 radical (unpaired) electrons. The summed E-state index contributed by atoms with van der Waals surface area (Å²) >= 11 is 6.16. The molecule has 0 spiro atoms. The molecule has 1 rings (SSSR count). The van der Waals surface area contributed by atoms with Gasteiger partial charge in [-0.2, -0.15) is 0 Å². The van der Waals surface area contributed by atoms with Gasteiger partial charge in [-0.3, -0.25) is 0 Å². The second-order valence-electron chi connectivity index (χ2n) is 5.27. The number of unbranched alkanes of at least 4 members (excludes halogenated alkanes) is 1. The Balaban J connectivity index is 2.62. The lowest BCUT2D eigenvalue weighted by atomic mass is 9.89. The van der Waals surface area contributed by atoms with Crippen molar-refractivity contribution in [3.8, 4) is 0 Å². The molecule has 0 amide bonds. The van der Waals surface area contributed by atoms with Gasteiger partial charge in [0.2, 0.25) is 0 Å². The van der Waals surface area contributed by atoms with E-state index in [1.807, 2.05) is 13.0 Å². The molecule has 2 atom stereocenters. The molecule has 0 saturated carbocycles. The van der Waals surface area contributed by atoms with Crippen LogP contribution in [0.15, 0.2) is 18.2 Å². The molecule has 102 valence electrons. The van der Waals surface area contributed by atoms with E-state index in [4.69, 9.17) is 17.3 Å². The normalized spacial score (nSPS) is 14.5. The Labute approximate surface area is 117 Å². The summed E-state index contributed by atoms with van der Waals surface area (Å²) in [6.45, 7) is 6.52. The third-order valence-corrected chi connectivity index (χ3v) is 4.16. The first kappa shape index (κ1) is 15.5. The maximum atomic E-state index is 6.30. The molecule has 0 aromatic heterocycles. The van der Waals surface area contributed by atoms with Crippen LogP contribution in [-0.4, -0.2) is 0 Å². The van der Waals surface area contributed by atoms with Crippen molar-refractivity contribution < 1.29 is 0 Å². The Hall–Kier alpha value is -0.530. The van der Waals surface area contributed by atoms with Crippen molar-refractivity contribution >= 4 is 11.6 Å². The van der Waals surface area contributed by atoms with Crippen molar-refractivity contribution in [1.29, 1.82) is 0 Å². The van der Waals surface area contributed by atoms with Gasteiger partial charge >= 0.3 is 0 Å². The zero-order valence-electron chi connectivity index (χ0n) is 11.9. The van der Waals surface area contributed by atoms with Crippen molar-refractivity contribution in [2.75, 3.05) is 0 Å². The standard InChI is InChI=1S/C16H26ClN/c1-4-6-7-13(5-2)10-16(18)14-9-8-12(3)15(17)11-14/h8-9,11,13,16H,4-7,10,18H2,1-3H3. The topological polar surface area (TPSA) is 26.0 Å². The molecular weight excluding hydrogens is 242 g/mol. The van der Waals surface area contributed by atoms with Gasteiger partial charge < -0.3 is 5.73 Å². The highest BCUT2D eigenvalue weighted by Crippen LogP contribution is 2.27. The molecule has 1 aromatic rings. The summed E-state index contributed by atoms with van der Waals surface area (Å²) in [5.74, 6) is 0.736. The van der Waals surface area contributed by atoms with Gasteiger partial charge in [0.15, 0.2) is 0 Å². The van der Waals surface area contributed by atoms with Gasteiger partial charge in [-0.15, -0.1) is 0 Å². The van der Waals surface area contributed by atoms with Crippen LogP contribution < -0.4 is 5.73 Å². The highest BCUT2D eigenvalue weighted by molar-refractivity contribution is 6.31. The Morgan fingerprint density at radius 2 is 2.00 bits per heavy atom. The van der Waals surface area contributed by atoms with Crippen LogP contribution in [0.2, 0.25) is 5.02 Å². The fraction of sp³-hybridized carbons (Fsp3) is 0.625. The minimum Gasteiger partial charge on any atom is -0.324 e. The lowest BCUT2D eigenvalue weighted by Gasteiger charge is -2.20. The zero-order chi connectivity index (χ0) is 13.5. The molecule has 2 heteroatoms. The molecule has 0 bridgehead atoms. The fourth-order valence-electron chi connectivity index (χ4n) is 2.32. The molecule has 0 saturated heterocycles. The minimum atomic E-state index is 0.116. The molecule has 1 aromatic carbocycles. The molecule has 1 nitrogen and oxygen atoms in total. The predicted octanol–water partition coefficient (Wildman–Crippen LogP) is 5.25. The molecule has 2 N–H and O–H groups in total. The van der Waals surface area contributed by atoms with Gasteiger partial charge in [0.25, 0.3) is 0 Å². The summed E-state index contributed by atoms with van der Waals surface area (Å²) in [5.41, 5.74) is 8.59. The van der Waals surface area contributed by atoms with Crippen LogP contribution >= 0.6 is 11.6 Å². The van der Waals surface area contributed by atoms with E-state index in [0.29, 0.717) is 0 Å². The summed E-state index contributed by atoms with van der Waals surface area (Å²) in [7, 11) is 0. The highest BCUT2D eigenvalue weighted by atomic mass is 35.5. The summed E-state index contributed by atoms with van der Waals surface area (Å²) in [6, 6.07) is 6.31. The first-order valence-electron chi connectivity index (χ1n) is 7.10. The summed E-state index contributed by atoms with van der Waals surface area (Å²) in [6.07, 6.45) is 6.14. The Morgan fingerprint density at radius 3 is 2.56 bits per heavy atom. The van der Waals surface area contributed by atoms with Crippen molar-refractivity contribution in [3.05, 3.63) is 34.3 Å². The molecule has 2 unspecified atom stereocenters. The number of benzene rings is 1. The first-order valence-corrected chi connectivity index (χ1v) is 7.47. The van der Waals surface area contributed by atoms with Gasteiger partial charge in [-0.25, -0.2) is 0 Å². The number of rotatable bonds is 7. The van der Waals surface area contributed by atoms with Gasteiger partial charge in [0.05, 0.1) is 0 Å². The Morgan fingerprint density at radius 1 is 1.28 bits per heavy atom. The van der Waals surface area contributed by atoms with E-state index in [9.17, 15) is 0 Å². The molecule has 18 heavy (non-hydrogen) atoms. The Bertz CT molecular complexity index is 362. The average Bonchev–Trinajstić information content (AvgIpc) is 2.37. The second-order valence-corrected chi connectivity index (χ2v) is 5.67. The van der Waals surface area contributed by atoms with Gasteiger partial charge in [0.1, 0.15) is 0 Å². The molecule has 0 aliphatic heterocycles. The lowest BCUT2D eigenvalue weighted by molar-refractivity contribution is 0.388. The largest absolute Gasteiger partial charge is 0.324 e. The average molecular weight is 268 g/mol. The van der Waals surface area contributed by atoms with E-state index in [1.54, 1.807) is 0 Å². The van der Waals surface area contributed by atoms with E-state index >= 15 is 0 Å². The third-order valence-electron chi connectivity index (χ3n) is 3.75. The third kappa shape index (κ3) is 4.62. The van der Waals surface area contributed by atoms with Gasteiger partial charge in [0, 0.05) is 11.1 Å². The van der Waals surface area contributed by atoms with Crippen LogP contribution in [0.4, 0.5) is 0 Å². The van der Waals surface area contributed by atoms with E-state index in [0.717, 1.165) is 22.9 Å². The number of nitrogens with two attached hydrogens (primary N) is 1. The monoisotopic (exact) mass is 267 g/mol. The smallest absolute Gasteiger partial charge is 0.0438 e. The summed E-state index contributed by atoms with van der Waals surface area (Å²) in [4.78, 5) is 0. The summed E-state index contributed by atoms with van der Waals surface area (Å²) in [5, 5.41) is 0.824. The quantitative estimate of drug-likeness (QED) is 0.717. The van der Waals surface area contributed by atoms with Gasteiger partial charge in [-0.05, 0) is 36.5 Å². The molecule has 0 aliphatic rings. The zero-order valence-corrected chi connectivity index (χ0v) is 12.6. The van der Waals surface area contributed by atoms with Crippen LogP contribution in [0.25, 0.3) is 0 Å². The van der Waals surface area contributed by atoms with E-state index in [2.05, 4.69) is 26.0 Å². The lowest BCUT2D eigenvalue weighted by Crippen LogP contribution is -2.15. The second kappa shape index (κ2) is 7.81. The van der Waals surface area contributed by atoms with E-state index in [1.165, 1.54) is 31.2 Å². The number of aryl methyl sites for hydroxylation is 1. The van der Waals surface area contributed by atoms with E-state index < -0.39 is 0 Å². The van der Waals surface area contributed by atoms with Crippen LogP contribution in [0.5, 0.6) is 0 Å². The Kier molecular flexibility index (Phi) is 6.73. The maximum absolute atomic E-state index is 6.30. The first-order chi connectivity index (χ1) is 8.58. The molecule has 0 aliphatic carbocycles. The highest BCUT2D eigenvalue weighted by Gasteiger charge is 2.14. The number of hydrogen-bond donors (Lipinski definition) is 1. The molecule has 0 heterocycles. The van der Waals surface area contributed by atoms with Crippen LogP contribution in [0.3, 0.4) is 0 Å². The molecular formula is C16H26ClN. The minimum absolute atomic E-state index is 0.116. The van der Waals surface area contributed by atoms with Crippen molar-refractivity contribution in [1.82, 2.24) is 0 Å². The predicted molar refractivity (Wildman–Crippen MR) is 81.0 cm³/mol. The van der Waals surface area contributed by atoms with Gasteiger partial charge in [-0.1, -0.05) is 63.3 Å². The SMILES string of the molecule is CCCCC(CC)CC(N)c1ccc(C)c(Cl)c1. The fourth-order valence-corrected chi connectivity index (χ4v) is 2.51. The summed E-state index contributed by atoms with van der Waals surface area (Å²) < 4.78 is 0. The van der Waals surface area contributed by atoms with Crippen LogP contribution in [-0.2, 0) is 0 Å². The van der Waals surface area contributed by atoms with Crippen molar-refractivity contribution in [3.63, 3.8) is 0 Å². The van der Waals surface area contributed by atoms with Crippen molar-refractivity contribution in [2.45, 2.75) is 58.9 Å². The number of halogens is 1. The molecule has 0 fully saturated rings. The van der Waals surface area contributed by atoms with E-state index in [-0.39, 0.29) is 6.04 Å². The maximum Gasteiger partial charge on any atom is 0.0438 e. The van der Waals surface area contributed by atoms with Crippen molar-refractivity contribution in [2.24, 2.45) is 11.7 Å². The van der Waals surface area contributed by atoms with Crippen LogP contribution in [0.1, 0.15) is 63.1 Å². The van der Waals surface area contributed by atoms with Crippen LogP contribution in [0, 0.1) is 12.8 Å². The number of hydrogen-bond acceptors (Lipinski definition) is 1.